The van der Waals surface area contributed by atoms with Gasteiger partial charge in [0.25, 0.3) is 0 Å². The first kappa shape index (κ1) is 16.3. The molecule has 3 rings (SSSR count). The molecule has 120 valence electrons. The van der Waals surface area contributed by atoms with Crippen molar-refractivity contribution in [1.82, 2.24) is 9.78 Å². The van der Waals surface area contributed by atoms with Crippen molar-refractivity contribution in [3.8, 4) is 11.3 Å². The number of azo groups is 1. The lowest BCUT2D eigenvalue weighted by atomic mass is 10.1. The van der Waals surface area contributed by atoms with Crippen LogP contribution in [0, 0.1) is 0 Å². The Balaban J connectivity index is 2.14. The number of nitrogens with two attached hydrogens (primary N) is 1. The third-order valence-electron chi connectivity index (χ3n) is 3.26. The van der Waals surface area contributed by atoms with E-state index in [0.717, 1.165) is 14.7 Å². The van der Waals surface area contributed by atoms with Crippen LogP contribution in [0.1, 0.15) is 0 Å². The molecule has 2 aromatic carbocycles. The van der Waals surface area contributed by atoms with Crippen LogP contribution in [0.4, 0.5) is 11.4 Å². The van der Waals surface area contributed by atoms with Crippen LogP contribution >= 0.6 is 28.1 Å². The summed E-state index contributed by atoms with van der Waals surface area (Å²) < 4.78 is 1.85. The molecule has 0 amide bonds. The van der Waals surface area contributed by atoms with Gasteiger partial charge in [0, 0.05) is 10.0 Å². The van der Waals surface area contributed by atoms with Gasteiger partial charge >= 0.3 is 5.56 Å². The van der Waals surface area contributed by atoms with Crippen molar-refractivity contribution in [3.05, 3.63) is 69.4 Å². The average molecular weight is 402 g/mol. The van der Waals surface area contributed by atoms with E-state index in [-0.39, 0.29) is 10.8 Å². The summed E-state index contributed by atoms with van der Waals surface area (Å²) in [5.74, 6) is 0. The van der Waals surface area contributed by atoms with Crippen LogP contribution in [0.15, 0.2) is 74.1 Å². The van der Waals surface area contributed by atoms with Gasteiger partial charge in [0.2, 0.25) is 0 Å². The maximum absolute atomic E-state index is 12.5. The SMILES string of the molecule is NC(=S)n1[nH]c(-c2ccccc2)c(N=Nc2ccccc2Br)c1=O. The average Bonchev–Trinajstić information content (AvgIpc) is 2.92. The standard InChI is InChI=1S/C16H12BrN5OS/c17-11-8-4-5-9-12(11)19-20-14-13(10-6-2-1-3-7-10)21-22(15(14)23)16(18)24/h1-9,21H,(H2,18,24). The van der Waals surface area contributed by atoms with E-state index in [1.54, 1.807) is 6.07 Å². The van der Waals surface area contributed by atoms with Gasteiger partial charge in [-0.15, -0.1) is 10.2 Å². The van der Waals surface area contributed by atoms with E-state index in [2.05, 4.69) is 31.3 Å². The molecular formula is C16H12BrN5OS. The minimum absolute atomic E-state index is 0.0838. The fourth-order valence-electron chi connectivity index (χ4n) is 2.12. The number of thiocarbonyl (C=S) groups is 1. The first-order chi connectivity index (χ1) is 11.6. The maximum Gasteiger partial charge on any atom is 0.301 e. The smallest absolute Gasteiger partial charge is 0.301 e. The molecule has 0 bridgehead atoms. The van der Waals surface area contributed by atoms with Crippen molar-refractivity contribution in [1.29, 1.82) is 0 Å². The number of H-pyrrole nitrogens is 1. The van der Waals surface area contributed by atoms with Gasteiger partial charge in [-0.1, -0.05) is 42.5 Å². The maximum atomic E-state index is 12.5. The predicted molar refractivity (Wildman–Crippen MR) is 101 cm³/mol. The minimum atomic E-state index is -0.447. The van der Waals surface area contributed by atoms with Gasteiger partial charge in [-0.05, 0) is 40.3 Å². The van der Waals surface area contributed by atoms with Crippen LogP contribution in [-0.2, 0) is 0 Å². The van der Waals surface area contributed by atoms with Crippen molar-refractivity contribution in [2.45, 2.75) is 0 Å². The second kappa shape index (κ2) is 6.90. The highest BCUT2D eigenvalue weighted by Gasteiger charge is 2.17. The molecule has 0 aliphatic heterocycles. The molecule has 0 aliphatic carbocycles. The lowest BCUT2D eigenvalue weighted by molar-refractivity contribution is 0.910. The molecule has 0 saturated carbocycles. The number of benzene rings is 2. The fraction of sp³-hybridized carbons (Fsp3) is 0. The Bertz CT molecular complexity index is 978. The highest BCUT2D eigenvalue weighted by molar-refractivity contribution is 9.10. The van der Waals surface area contributed by atoms with Crippen molar-refractivity contribution >= 4 is 44.6 Å². The Labute approximate surface area is 151 Å². The molecule has 24 heavy (non-hydrogen) atoms. The van der Waals surface area contributed by atoms with Crippen LogP contribution in [-0.4, -0.2) is 14.9 Å². The van der Waals surface area contributed by atoms with Crippen molar-refractivity contribution in [2.75, 3.05) is 0 Å². The van der Waals surface area contributed by atoms with Gasteiger partial charge in [0.15, 0.2) is 10.8 Å². The van der Waals surface area contributed by atoms with Crippen molar-refractivity contribution in [3.63, 3.8) is 0 Å². The Morgan fingerprint density at radius 3 is 2.42 bits per heavy atom. The zero-order valence-electron chi connectivity index (χ0n) is 12.3. The van der Waals surface area contributed by atoms with Crippen molar-refractivity contribution in [2.24, 2.45) is 16.0 Å². The summed E-state index contributed by atoms with van der Waals surface area (Å²) in [6.07, 6.45) is 0. The minimum Gasteiger partial charge on any atom is -0.374 e. The molecule has 1 heterocycles. The van der Waals surface area contributed by atoms with Gasteiger partial charge in [0.05, 0.1) is 11.4 Å². The van der Waals surface area contributed by atoms with Crippen LogP contribution in [0.25, 0.3) is 11.3 Å². The molecule has 0 fully saturated rings. The van der Waals surface area contributed by atoms with Crippen LogP contribution in [0.3, 0.4) is 0 Å². The lowest BCUT2D eigenvalue weighted by Crippen LogP contribution is -2.29. The highest BCUT2D eigenvalue weighted by Crippen LogP contribution is 2.29. The number of hydrogen-bond acceptors (Lipinski definition) is 4. The third-order valence-corrected chi connectivity index (χ3v) is 4.11. The number of hydrogen-bond donors (Lipinski definition) is 2. The molecule has 3 aromatic rings. The summed E-state index contributed by atoms with van der Waals surface area (Å²) in [6, 6.07) is 16.6. The summed E-state index contributed by atoms with van der Waals surface area (Å²) in [6.45, 7) is 0. The predicted octanol–water partition coefficient (Wildman–Crippen LogP) is 4.11. The zero-order chi connectivity index (χ0) is 17.1. The summed E-state index contributed by atoms with van der Waals surface area (Å²) >= 11 is 8.30. The van der Waals surface area contributed by atoms with Gasteiger partial charge in [0.1, 0.15) is 0 Å². The molecule has 0 unspecified atom stereocenters. The number of aromatic nitrogens is 2. The number of nitrogens with one attached hydrogen (secondary N) is 1. The topological polar surface area (TPSA) is 88.5 Å². The first-order valence-corrected chi connectivity index (χ1v) is 8.14. The third kappa shape index (κ3) is 3.19. The summed E-state index contributed by atoms with van der Waals surface area (Å²) in [5.41, 5.74) is 7.18. The van der Waals surface area contributed by atoms with E-state index < -0.39 is 5.56 Å². The molecule has 8 heteroatoms. The van der Waals surface area contributed by atoms with E-state index in [0.29, 0.717) is 11.4 Å². The monoisotopic (exact) mass is 401 g/mol. The molecule has 3 N–H and O–H groups in total. The number of halogens is 1. The van der Waals surface area contributed by atoms with E-state index in [1.807, 2.05) is 48.5 Å². The quantitative estimate of drug-likeness (QED) is 0.510. The Kier molecular flexibility index (Phi) is 4.68. The van der Waals surface area contributed by atoms with Crippen LogP contribution < -0.4 is 11.3 Å². The zero-order valence-corrected chi connectivity index (χ0v) is 14.7. The summed E-state index contributed by atoms with van der Waals surface area (Å²) in [5, 5.41) is 11.1. The molecule has 6 nitrogen and oxygen atoms in total. The highest BCUT2D eigenvalue weighted by atomic mass is 79.9. The normalized spacial score (nSPS) is 11.0. The lowest BCUT2D eigenvalue weighted by Gasteiger charge is -1.99. The molecule has 0 radical (unpaired) electrons. The number of rotatable bonds is 3. The van der Waals surface area contributed by atoms with Gasteiger partial charge in [-0.3, -0.25) is 9.89 Å². The molecule has 0 atom stereocenters. The molecule has 0 aliphatic rings. The van der Waals surface area contributed by atoms with Gasteiger partial charge in [-0.25, -0.2) is 0 Å². The van der Waals surface area contributed by atoms with E-state index in [4.69, 9.17) is 18.0 Å². The van der Waals surface area contributed by atoms with E-state index >= 15 is 0 Å². The Hall–Kier alpha value is -2.58. The molecule has 1 aromatic heterocycles. The molecule has 0 saturated heterocycles. The Morgan fingerprint density at radius 1 is 1.08 bits per heavy atom. The number of nitrogens with zero attached hydrogens (tertiary/aromatic N) is 3. The van der Waals surface area contributed by atoms with Crippen LogP contribution in [0.2, 0.25) is 0 Å². The van der Waals surface area contributed by atoms with E-state index in [1.165, 1.54) is 0 Å². The summed E-state index contributed by atoms with van der Waals surface area (Å²) in [7, 11) is 0. The van der Waals surface area contributed by atoms with Gasteiger partial charge < -0.3 is 5.73 Å². The Morgan fingerprint density at radius 2 is 1.75 bits per heavy atom. The second-order valence-corrected chi connectivity index (χ2v) is 6.10. The number of aromatic amines is 1. The summed E-state index contributed by atoms with van der Waals surface area (Å²) in [4.78, 5) is 12.5. The van der Waals surface area contributed by atoms with Crippen LogP contribution in [0.5, 0.6) is 0 Å². The second-order valence-electron chi connectivity index (χ2n) is 4.83. The van der Waals surface area contributed by atoms with Gasteiger partial charge in [-0.2, -0.15) is 4.68 Å². The fourth-order valence-corrected chi connectivity index (χ4v) is 2.61. The van der Waals surface area contributed by atoms with Crippen molar-refractivity contribution < 1.29 is 0 Å². The molecule has 0 spiro atoms. The molecular weight excluding hydrogens is 390 g/mol. The first-order valence-electron chi connectivity index (χ1n) is 6.94. The largest absolute Gasteiger partial charge is 0.374 e. The van der Waals surface area contributed by atoms with E-state index in [9.17, 15) is 4.79 Å².